The highest BCUT2D eigenvalue weighted by atomic mass is 32.2. The molecule has 9 heteroatoms. The van der Waals surface area contributed by atoms with E-state index in [1.165, 1.54) is 4.31 Å². The quantitative estimate of drug-likeness (QED) is 0.683. The molecule has 1 aliphatic heterocycles. The number of hydrogen-bond donors (Lipinski definition) is 3. The van der Waals surface area contributed by atoms with Gasteiger partial charge in [0.15, 0.2) is 0 Å². The second-order valence-electron chi connectivity index (χ2n) is 6.36. The molecule has 0 bridgehead atoms. The van der Waals surface area contributed by atoms with Crippen LogP contribution in [-0.2, 0) is 21.4 Å². The second kappa shape index (κ2) is 8.75. The van der Waals surface area contributed by atoms with Crippen LogP contribution in [0.3, 0.4) is 0 Å². The minimum absolute atomic E-state index is 0.156. The van der Waals surface area contributed by atoms with Crippen LogP contribution in [0.25, 0.3) is 0 Å². The minimum atomic E-state index is -3.23. The number of sulfonamides is 1. The molecule has 3 amide bonds. The lowest BCUT2D eigenvalue weighted by molar-refractivity contribution is -0.115. The van der Waals surface area contributed by atoms with Crippen LogP contribution < -0.4 is 20.3 Å². The maximum atomic E-state index is 12.0. The number of anilines is 2. The van der Waals surface area contributed by atoms with Crippen molar-refractivity contribution < 1.29 is 18.0 Å². The van der Waals surface area contributed by atoms with Crippen molar-refractivity contribution in [1.29, 1.82) is 0 Å². The molecule has 28 heavy (non-hydrogen) atoms. The van der Waals surface area contributed by atoms with Gasteiger partial charge in [0.05, 0.1) is 18.0 Å². The van der Waals surface area contributed by atoms with Crippen molar-refractivity contribution >= 4 is 33.3 Å². The van der Waals surface area contributed by atoms with Gasteiger partial charge < -0.3 is 16.0 Å². The third-order valence-electron chi connectivity index (χ3n) is 4.24. The summed E-state index contributed by atoms with van der Waals surface area (Å²) in [7, 11) is -3.23. The van der Waals surface area contributed by atoms with E-state index in [4.69, 9.17) is 0 Å². The summed E-state index contributed by atoms with van der Waals surface area (Å²) in [5.41, 5.74) is 2.06. The van der Waals surface area contributed by atoms with Gasteiger partial charge in [0, 0.05) is 18.8 Å². The van der Waals surface area contributed by atoms with Crippen LogP contribution in [0.5, 0.6) is 0 Å². The van der Waals surface area contributed by atoms with Gasteiger partial charge in [-0.05, 0) is 36.2 Å². The molecule has 8 nitrogen and oxygen atoms in total. The summed E-state index contributed by atoms with van der Waals surface area (Å²) in [6, 6.07) is 15.6. The van der Waals surface area contributed by atoms with Crippen molar-refractivity contribution in [3.05, 3.63) is 60.2 Å². The molecular formula is C19H22N4O4S. The van der Waals surface area contributed by atoms with Crippen molar-refractivity contribution in [2.24, 2.45) is 0 Å². The van der Waals surface area contributed by atoms with Gasteiger partial charge in [-0.25, -0.2) is 13.2 Å². The Morgan fingerprint density at radius 1 is 0.964 bits per heavy atom. The number of amides is 3. The summed E-state index contributed by atoms with van der Waals surface area (Å²) in [5, 5.41) is 7.82. The Balaban J connectivity index is 1.44. The number of nitrogens with one attached hydrogen (secondary N) is 3. The number of carbonyl (C=O) groups is 2. The molecule has 1 fully saturated rings. The van der Waals surface area contributed by atoms with Crippen molar-refractivity contribution in [3.8, 4) is 0 Å². The van der Waals surface area contributed by atoms with E-state index in [1.807, 2.05) is 30.3 Å². The molecule has 1 aliphatic rings. The van der Waals surface area contributed by atoms with E-state index in [2.05, 4.69) is 16.0 Å². The smallest absolute Gasteiger partial charge is 0.315 e. The molecule has 3 rings (SSSR count). The first-order valence-electron chi connectivity index (χ1n) is 8.90. The molecule has 2 aromatic carbocycles. The highest BCUT2D eigenvalue weighted by molar-refractivity contribution is 7.93. The Bertz CT molecular complexity index is 930. The molecule has 0 saturated carbocycles. The lowest BCUT2D eigenvalue weighted by Crippen LogP contribution is -2.39. The number of nitrogens with zero attached hydrogens (tertiary/aromatic N) is 1. The third kappa shape index (κ3) is 5.23. The van der Waals surface area contributed by atoms with Gasteiger partial charge in [-0.2, -0.15) is 0 Å². The predicted molar refractivity (Wildman–Crippen MR) is 108 cm³/mol. The summed E-state index contributed by atoms with van der Waals surface area (Å²) in [6.45, 7) is 0.661. The first-order valence-corrected chi connectivity index (χ1v) is 10.5. The van der Waals surface area contributed by atoms with E-state index in [0.717, 1.165) is 5.56 Å². The molecule has 148 valence electrons. The maximum Gasteiger partial charge on any atom is 0.315 e. The topological polar surface area (TPSA) is 108 Å². The lowest BCUT2D eigenvalue weighted by Gasteiger charge is -2.17. The number of carbonyl (C=O) groups excluding carboxylic acids is 2. The number of urea groups is 1. The van der Waals surface area contributed by atoms with Crippen LogP contribution >= 0.6 is 0 Å². The standard InChI is InChI=1S/C19H22N4O4S/c24-18(14-21-19(25)20-13-15-5-2-1-3-6-15)22-16-7-9-17(10-8-16)23-11-4-12-28(23,26)27/h1-3,5-10H,4,11-14H2,(H,22,24)(H2,20,21,25). The molecule has 0 radical (unpaired) electrons. The van der Waals surface area contributed by atoms with Gasteiger partial charge in [0.25, 0.3) is 0 Å². The summed E-state index contributed by atoms with van der Waals surface area (Å²) in [4.78, 5) is 23.7. The third-order valence-corrected chi connectivity index (χ3v) is 6.11. The molecule has 0 aliphatic carbocycles. The Hall–Kier alpha value is -3.07. The van der Waals surface area contributed by atoms with Gasteiger partial charge in [0.1, 0.15) is 0 Å². The first kappa shape index (κ1) is 19.7. The zero-order valence-electron chi connectivity index (χ0n) is 15.2. The Kier molecular flexibility index (Phi) is 6.15. The Morgan fingerprint density at radius 3 is 2.32 bits per heavy atom. The van der Waals surface area contributed by atoms with Crippen molar-refractivity contribution in [3.63, 3.8) is 0 Å². The molecule has 0 unspecified atom stereocenters. The van der Waals surface area contributed by atoms with Crippen molar-refractivity contribution in [2.75, 3.05) is 28.5 Å². The Labute approximate surface area is 164 Å². The number of hydrogen-bond acceptors (Lipinski definition) is 4. The first-order chi connectivity index (χ1) is 13.4. The van der Waals surface area contributed by atoms with Crippen LogP contribution in [0.1, 0.15) is 12.0 Å². The average molecular weight is 402 g/mol. The largest absolute Gasteiger partial charge is 0.334 e. The summed E-state index contributed by atoms with van der Waals surface area (Å²) >= 11 is 0. The van der Waals surface area contributed by atoms with Gasteiger partial charge in [-0.15, -0.1) is 0 Å². The van der Waals surface area contributed by atoms with E-state index in [-0.39, 0.29) is 18.2 Å². The molecule has 0 aromatic heterocycles. The summed E-state index contributed by atoms with van der Waals surface area (Å²) in [6.07, 6.45) is 0.610. The van der Waals surface area contributed by atoms with Crippen LogP contribution in [0.4, 0.5) is 16.2 Å². The molecule has 0 spiro atoms. The zero-order valence-corrected chi connectivity index (χ0v) is 16.0. The fraction of sp³-hybridized carbons (Fsp3) is 0.263. The van der Waals surface area contributed by atoms with Gasteiger partial charge in [-0.3, -0.25) is 9.10 Å². The predicted octanol–water partition coefficient (Wildman–Crippen LogP) is 1.66. The summed E-state index contributed by atoms with van der Waals surface area (Å²) in [5.74, 6) is -0.222. The van der Waals surface area contributed by atoms with E-state index in [1.54, 1.807) is 24.3 Å². The summed E-state index contributed by atoms with van der Waals surface area (Å²) < 4.78 is 25.2. The number of benzene rings is 2. The van der Waals surface area contributed by atoms with Crippen LogP contribution in [-0.4, -0.2) is 39.2 Å². The van der Waals surface area contributed by atoms with E-state index >= 15 is 0 Å². The van der Waals surface area contributed by atoms with Crippen LogP contribution in [0.15, 0.2) is 54.6 Å². The van der Waals surface area contributed by atoms with Gasteiger partial charge in [0.2, 0.25) is 15.9 Å². The lowest BCUT2D eigenvalue weighted by atomic mass is 10.2. The molecule has 1 saturated heterocycles. The SMILES string of the molecule is O=C(CNC(=O)NCc1ccccc1)Nc1ccc(N2CCCS2(=O)=O)cc1. The molecule has 0 atom stereocenters. The van der Waals surface area contributed by atoms with Crippen molar-refractivity contribution in [1.82, 2.24) is 10.6 Å². The number of rotatable bonds is 6. The Morgan fingerprint density at radius 2 is 1.68 bits per heavy atom. The molecule has 1 heterocycles. The maximum absolute atomic E-state index is 12.0. The minimum Gasteiger partial charge on any atom is -0.334 e. The molecular weight excluding hydrogens is 380 g/mol. The average Bonchev–Trinajstić information content (AvgIpc) is 3.05. The van der Waals surface area contributed by atoms with Crippen LogP contribution in [0.2, 0.25) is 0 Å². The van der Waals surface area contributed by atoms with E-state index in [0.29, 0.717) is 30.9 Å². The fourth-order valence-electron chi connectivity index (χ4n) is 2.85. The highest BCUT2D eigenvalue weighted by Gasteiger charge is 2.28. The van der Waals surface area contributed by atoms with Gasteiger partial charge >= 0.3 is 6.03 Å². The molecule has 2 aromatic rings. The van der Waals surface area contributed by atoms with Crippen LogP contribution in [0, 0.1) is 0 Å². The van der Waals surface area contributed by atoms with E-state index in [9.17, 15) is 18.0 Å². The van der Waals surface area contributed by atoms with E-state index < -0.39 is 16.1 Å². The highest BCUT2D eigenvalue weighted by Crippen LogP contribution is 2.25. The zero-order chi connectivity index (χ0) is 20.0. The fourth-order valence-corrected chi connectivity index (χ4v) is 4.41. The van der Waals surface area contributed by atoms with Crippen molar-refractivity contribution in [2.45, 2.75) is 13.0 Å². The molecule has 3 N–H and O–H groups in total. The second-order valence-corrected chi connectivity index (χ2v) is 8.37. The van der Waals surface area contributed by atoms with Gasteiger partial charge in [-0.1, -0.05) is 30.3 Å². The normalized spacial score (nSPS) is 15.1. The monoisotopic (exact) mass is 402 g/mol.